The second-order valence-corrected chi connectivity index (χ2v) is 5.58. The SMILES string of the molecule is O=C(Nc1ccc2cc(C(=O)NO)sc2c1)c1cccnc1. The number of hydrogen-bond acceptors (Lipinski definition) is 5. The topological polar surface area (TPSA) is 91.3 Å². The predicted octanol–water partition coefficient (Wildman–Crippen LogP) is 2.67. The smallest absolute Gasteiger partial charge is 0.284 e. The van der Waals surface area contributed by atoms with E-state index in [1.165, 1.54) is 17.5 Å². The molecule has 0 saturated heterocycles. The van der Waals surface area contributed by atoms with Crippen LogP contribution < -0.4 is 10.8 Å². The Morgan fingerprint density at radius 1 is 1.14 bits per heavy atom. The molecule has 0 saturated carbocycles. The van der Waals surface area contributed by atoms with E-state index in [0.717, 1.165) is 10.1 Å². The van der Waals surface area contributed by atoms with Gasteiger partial charge in [-0.25, -0.2) is 5.48 Å². The summed E-state index contributed by atoms with van der Waals surface area (Å²) < 4.78 is 0.836. The molecule has 0 spiro atoms. The van der Waals surface area contributed by atoms with Gasteiger partial charge in [0.2, 0.25) is 0 Å². The molecule has 22 heavy (non-hydrogen) atoms. The Labute approximate surface area is 129 Å². The van der Waals surface area contributed by atoms with Crippen LogP contribution in [0.25, 0.3) is 10.1 Å². The van der Waals surface area contributed by atoms with E-state index < -0.39 is 5.91 Å². The number of nitrogens with one attached hydrogen (secondary N) is 2. The fraction of sp³-hybridized carbons (Fsp3) is 0. The Hall–Kier alpha value is -2.77. The fourth-order valence-electron chi connectivity index (χ4n) is 1.98. The summed E-state index contributed by atoms with van der Waals surface area (Å²) >= 11 is 1.23. The van der Waals surface area contributed by atoms with Crippen LogP contribution in [0.5, 0.6) is 0 Å². The maximum Gasteiger partial charge on any atom is 0.284 e. The molecule has 0 radical (unpaired) electrons. The lowest BCUT2D eigenvalue weighted by Gasteiger charge is -2.04. The van der Waals surface area contributed by atoms with Gasteiger partial charge in [0.25, 0.3) is 11.8 Å². The normalized spacial score (nSPS) is 10.4. The summed E-state index contributed by atoms with van der Waals surface area (Å²) in [4.78, 5) is 27.8. The van der Waals surface area contributed by atoms with Crippen molar-refractivity contribution >= 4 is 38.9 Å². The Kier molecular flexibility index (Phi) is 3.82. The molecule has 7 heteroatoms. The van der Waals surface area contributed by atoms with E-state index in [1.54, 1.807) is 48.1 Å². The minimum absolute atomic E-state index is 0.252. The third-order valence-electron chi connectivity index (χ3n) is 3.03. The number of thiophene rings is 1. The van der Waals surface area contributed by atoms with Crippen LogP contribution in [0.3, 0.4) is 0 Å². The Morgan fingerprint density at radius 2 is 2.00 bits per heavy atom. The molecule has 110 valence electrons. The number of rotatable bonds is 3. The van der Waals surface area contributed by atoms with Crippen molar-refractivity contribution in [3.63, 3.8) is 0 Å². The summed E-state index contributed by atoms with van der Waals surface area (Å²) in [5.41, 5.74) is 2.70. The van der Waals surface area contributed by atoms with Crippen LogP contribution in [0.1, 0.15) is 20.0 Å². The monoisotopic (exact) mass is 313 g/mol. The molecule has 0 aliphatic rings. The Bertz CT molecular complexity index is 846. The predicted molar refractivity (Wildman–Crippen MR) is 83.3 cm³/mol. The van der Waals surface area contributed by atoms with Gasteiger partial charge in [-0.2, -0.15) is 0 Å². The first-order chi connectivity index (χ1) is 10.7. The Morgan fingerprint density at radius 3 is 2.73 bits per heavy atom. The van der Waals surface area contributed by atoms with E-state index in [-0.39, 0.29) is 5.91 Å². The number of hydroxylamine groups is 1. The van der Waals surface area contributed by atoms with Crippen molar-refractivity contribution in [1.29, 1.82) is 0 Å². The lowest BCUT2D eigenvalue weighted by Crippen LogP contribution is -2.16. The van der Waals surface area contributed by atoms with Gasteiger partial charge in [-0.3, -0.25) is 19.8 Å². The largest absolute Gasteiger partial charge is 0.322 e. The summed E-state index contributed by atoms with van der Waals surface area (Å²) in [7, 11) is 0. The first kappa shape index (κ1) is 14.2. The van der Waals surface area contributed by atoms with Crippen molar-refractivity contribution < 1.29 is 14.8 Å². The Balaban J connectivity index is 1.86. The standard InChI is InChI=1S/C15H11N3O3S/c19-14(10-2-1-5-16-8-10)17-11-4-3-9-6-13(15(20)18-21)22-12(9)7-11/h1-8,21H,(H,17,19)(H,18,20). The number of carbonyl (C=O) groups excluding carboxylic acids is 2. The van der Waals surface area contributed by atoms with Crippen molar-refractivity contribution in [3.05, 3.63) is 59.2 Å². The van der Waals surface area contributed by atoms with Gasteiger partial charge in [-0.15, -0.1) is 11.3 Å². The zero-order chi connectivity index (χ0) is 15.5. The summed E-state index contributed by atoms with van der Waals surface area (Å²) in [5, 5.41) is 12.3. The van der Waals surface area contributed by atoms with Crippen molar-refractivity contribution in [2.45, 2.75) is 0 Å². The first-order valence-electron chi connectivity index (χ1n) is 6.37. The van der Waals surface area contributed by atoms with E-state index in [4.69, 9.17) is 5.21 Å². The zero-order valence-corrected chi connectivity index (χ0v) is 12.1. The first-order valence-corrected chi connectivity index (χ1v) is 7.18. The van der Waals surface area contributed by atoms with Crippen LogP contribution in [-0.4, -0.2) is 22.0 Å². The van der Waals surface area contributed by atoms with Crippen LogP contribution in [0.2, 0.25) is 0 Å². The summed E-state index contributed by atoms with van der Waals surface area (Å²) in [6.07, 6.45) is 3.09. The average Bonchev–Trinajstić information content (AvgIpc) is 2.98. The number of carbonyl (C=O) groups is 2. The van der Waals surface area contributed by atoms with Gasteiger partial charge < -0.3 is 5.32 Å². The maximum absolute atomic E-state index is 12.1. The lowest BCUT2D eigenvalue weighted by molar-refractivity contribution is 0.0711. The highest BCUT2D eigenvalue weighted by Crippen LogP contribution is 2.28. The molecule has 0 aliphatic heterocycles. The highest BCUT2D eigenvalue weighted by molar-refractivity contribution is 7.20. The number of fused-ring (bicyclic) bond motifs is 1. The number of benzene rings is 1. The molecule has 0 unspecified atom stereocenters. The molecular weight excluding hydrogens is 302 g/mol. The molecule has 0 bridgehead atoms. The zero-order valence-electron chi connectivity index (χ0n) is 11.2. The number of aromatic nitrogens is 1. The highest BCUT2D eigenvalue weighted by Gasteiger charge is 2.11. The minimum Gasteiger partial charge on any atom is -0.322 e. The summed E-state index contributed by atoms with van der Waals surface area (Å²) in [5.74, 6) is -0.806. The van der Waals surface area contributed by atoms with E-state index in [0.29, 0.717) is 16.1 Å². The number of amides is 2. The number of nitrogens with zero attached hydrogens (tertiary/aromatic N) is 1. The van der Waals surface area contributed by atoms with Crippen LogP contribution in [0.15, 0.2) is 48.8 Å². The third kappa shape index (κ3) is 2.80. The lowest BCUT2D eigenvalue weighted by atomic mass is 10.2. The summed E-state index contributed by atoms with van der Waals surface area (Å²) in [6, 6.07) is 10.4. The quantitative estimate of drug-likeness (QED) is 0.512. The van der Waals surface area contributed by atoms with Gasteiger partial charge in [-0.1, -0.05) is 6.07 Å². The molecule has 3 rings (SSSR count). The minimum atomic E-state index is -0.554. The molecule has 0 aliphatic carbocycles. The second kappa shape index (κ2) is 5.92. The third-order valence-corrected chi connectivity index (χ3v) is 4.12. The van der Waals surface area contributed by atoms with Gasteiger partial charge in [-0.05, 0) is 35.7 Å². The van der Waals surface area contributed by atoms with Gasteiger partial charge in [0.05, 0.1) is 10.4 Å². The molecule has 2 aromatic heterocycles. The van der Waals surface area contributed by atoms with Gasteiger partial charge in [0, 0.05) is 22.8 Å². The molecule has 3 aromatic rings. The van der Waals surface area contributed by atoms with Gasteiger partial charge >= 0.3 is 0 Å². The van der Waals surface area contributed by atoms with Crippen LogP contribution in [0.4, 0.5) is 5.69 Å². The number of hydrogen-bond donors (Lipinski definition) is 3. The fourth-order valence-corrected chi connectivity index (χ4v) is 2.97. The molecule has 2 amide bonds. The molecule has 2 heterocycles. The van der Waals surface area contributed by atoms with Gasteiger partial charge in [0.15, 0.2) is 0 Å². The van der Waals surface area contributed by atoms with E-state index in [1.807, 2.05) is 0 Å². The van der Waals surface area contributed by atoms with Crippen LogP contribution in [-0.2, 0) is 0 Å². The highest BCUT2D eigenvalue weighted by atomic mass is 32.1. The average molecular weight is 313 g/mol. The van der Waals surface area contributed by atoms with Crippen molar-refractivity contribution in [3.8, 4) is 0 Å². The van der Waals surface area contributed by atoms with Crippen LogP contribution in [0, 0.1) is 0 Å². The van der Waals surface area contributed by atoms with Crippen molar-refractivity contribution in [2.75, 3.05) is 5.32 Å². The molecule has 3 N–H and O–H groups in total. The van der Waals surface area contributed by atoms with Crippen LogP contribution >= 0.6 is 11.3 Å². The number of anilines is 1. The van der Waals surface area contributed by atoms with E-state index in [9.17, 15) is 9.59 Å². The summed E-state index contributed by atoms with van der Waals surface area (Å²) in [6.45, 7) is 0. The molecular formula is C15H11N3O3S. The van der Waals surface area contributed by atoms with E-state index >= 15 is 0 Å². The van der Waals surface area contributed by atoms with Crippen molar-refractivity contribution in [2.24, 2.45) is 0 Å². The van der Waals surface area contributed by atoms with E-state index in [2.05, 4.69) is 10.3 Å². The molecule has 1 aromatic carbocycles. The van der Waals surface area contributed by atoms with Gasteiger partial charge in [0.1, 0.15) is 0 Å². The maximum atomic E-state index is 12.1. The molecule has 6 nitrogen and oxygen atoms in total. The molecule has 0 atom stereocenters. The van der Waals surface area contributed by atoms with Crippen molar-refractivity contribution in [1.82, 2.24) is 10.5 Å². The second-order valence-electron chi connectivity index (χ2n) is 4.50. The number of pyridine rings is 1. The molecule has 0 fully saturated rings.